The van der Waals surface area contributed by atoms with E-state index in [1.165, 1.54) is 0 Å². The minimum atomic E-state index is 0.355. The summed E-state index contributed by atoms with van der Waals surface area (Å²) in [7, 11) is 1.74. The van der Waals surface area contributed by atoms with Gasteiger partial charge in [0.2, 0.25) is 0 Å². The van der Waals surface area contributed by atoms with Gasteiger partial charge in [-0.15, -0.1) is 11.3 Å². The van der Waals surface area contributed by atoms with Gasteiger partial charge in [-0.1, -0.05) is 49.3 Å². The van der Waals surface area contributed by atoms with E-state index in [-0.39, 0.29) is 0 Å². The molecule has 7 heteroatoms. The highest BCUT2D eigenvalue weighted by atomic mass is 32.1. The second-order valence-electron chi connectivity index (χ2n) is 6.14. The van der Waals surface area contributed by atoms with E-state index < -0.39 is 0 Å². The molecule has 3 rings (SSSR count). The summed E-state index contributed by atoms with van der Waals surface area (Å²) in [6.07, 6.45) is 0. The number of hydrogen-bond acceptors (Lipinski definition) is 5. The lowest BCUT2D eigenvalue weighted by molar-refractivity contribution is 0.372. The van der Waals surface area contributed by atoms with Crippen molar-refractivity contribution in [3.63, 3.8) is 0 Å². The van der Waals surface area contributed by atoms with Crippen molar-refractivity contribution < 1.29 is 4.52 Å². The SMILES string of the molecule is CN=C(NCc1cc(C(C)C)no1)NCc1nc(-c2ccccc2)cs1. The number of thiazole rings is 1. The molecule has 0 bridgehead atoms. The van der Waals surface area contributed by atoms with E-state index in [2.05, 4.69) is 57.1 Å². The first kappa shape index (κ1) is 18.1. The van der Waals surface area contributed by atoms with Gasteiger partial charge in [-0.2, -0.15) is 0 Å². The van der Waals surface area contributed by atoms with E-state index in [1.54, 1.807) is 18.4 Å². The number of benzene rings is 1. The van der Waals surface area contributed by atoms with Gasteiger partial charge in [0.25, 0.3) is 0 Å². The molecule has 0 aliphatic carbocycles. The predicted octanol–water partition coefficient (Wildman–Crippen LogP) is 3.79. The Morgan fingerprint density at radius 1 is 1.19 bits per heavy atom. The van der Waals surface area contributed by atoms with Gasteiger partial charge in [0, 0.05) is 24.1 Å². The normalized spacial score (nSPS) is 11.8. The van der Waals surface area contributed by atoms with Crippen LogP contribution < -0.4 is 10.6 Å². The van der Waals surface area contributed by atoms with Crippen molar-refractivity contribution in [1.82, 2.24) is 20.8 Å². The van der Waals surface area contributed by atoms with Crippen molar-refractivity contribution in [1.29, 1.82) is 0 Å². The van der Waals surface area contributed by atoms with E-state index >= 15 is 0 Å². The molecular formula is C19H23N5OS. The summed E-state index contributed by atoms with van der Waals surface area (Å²) in [6.45, 7) is 5.33. The lowest BCUT2D eigenvalue weighted by atomic mass is 10.1. The molecule has 1 aromatic carbocycles. The Morgan fingerprint density at radius 3 is 2.65 bits per heavy atom. The summed E-state index contributed by atoms with van der Waals surface area (Å²) >= 11 is 1.63. The molecule has 26 heavy (non-hydrogen) atoms. The van der Waals surface area contributed by atoms with Crippen LogP contribution in [0, 0.1) is 0 Å². The maximum atomic E-state index is 5.33. The third kappa shape index (κ3) is 4.70. The van der Waals surface area contributed by atoms with Crippen molar-refractivity contribution in [3.8, 4) is 11.3 Å². The van der Waals surface area contributed by atoms with Gasteiger partial charge in [0.1, 0.15) is 5.01 Å². The minimum Gasteiger partial charge on any atom is -0.359 e. The Balaban J connectivity index is 1.52. The van der Waals surface area contributed by atoms with E-state index in [1.807, 2.05) is 24.3 Å². The van der Waals surface area contributed by atoms with Crippen LogP contribution >= 0.6 is 11.3 Å². The molecule has 0 saturated heterocycles. The van der Waals surface area contributed by atoms with Crippen molar-refractivity contribution in [2.24, 2.45) is 4.99 Å². The molecule has 2 N–H and O–H groups in total. The summed E-state index contributed by atoms with van der Waals surface area (Å²) < 4.78 is 5.33. The standard InChI is InChI=1S/C19H23N5OS/c1-13(2)16-9-15(25-24-16)10-21-19(20-3)22-11-18-23-17(12-26-18)14-7-5-4-6-8-14/h4-9,12-13H,10-11H2,1-3H3,(H2,20,21,22). The van der Waals surface area contributed by atoms with Gasteiger partial charge in [0.05, 0.1) is 24.5 Å². The van der Waals surface area contributed by atoms with Crippen molar-refractivity contribution in [3.05, 3.63) is 58.2 Å². The first-order chi connectivity index (χ1) is 12.7. The minimum absolute atomic E-state index is 0.355. The van der Waals surface area contributed by atoms with E-state index in [0.29, 0.717) is 25.0 Å². The molecule has 2 aromatic heterocycles. The topological polar surface area (TPSA) is 75.3 Å². The molecule has 0 amide bonds. The van der Waals surface area contributed by atoms with Gasteiger partial charge in [-0.3, -0.25) is 4.99 Å². The van der Waals surface area contributed by atoms with Crippen LogP contribution in [0.25, 0.3) is 11.3 Å². The highest BCUT2D eigenvalue weighted by molar-refractivity contribution is 7.09. The summed E-state index contributed by atoms with van der Waals surface area (Å²) in [5.74, 6) is 1.84. The van der Waals surface area contributed by atoms with Crippen LogP contribution in [0.5, 0.6) is 0 Å². The van der Waals surface area contributed by atoms with Gasteiger partial charge in [-0.05, 0) is 5.92 Å². The third-order valence-electron chi connectivity index (χ3n) is 3.85. The summed E-state index contributed by atoms with van der Waals surface area (Å²) in [5.41, 5.74) is 3.09. The zero-order valence-corrected chi connectivity index (χ0v) is 16.0. The second kappa shape index (κ2) is 8.62. The lowest BCUT2D eigenvalue weighted by Crippen LogP contribution is -2.36. The predicted molar refractivity (Wildman–Crippen MR) is 105 cm³/mol. The highest BCUT2D eigenvalue weighted by Gasteiger charge is 2.09. The van der Waals surface area contributed by atoms with Crippen molar-refractivity contribution in [2.75, 3.05) is 7.05 Å². The first-order valence-corrected chi connectivity index (χ1v) is 9.43. The third-order valence-corrected chi connectivity index (χ3v) is 4.70. The highest BCUT2D eigenvalue weighted by Crippen LogP contribution is 2.21. The van der Waals surface area contributed by atoms with Crippen molar-refractivity contribution in [2.45, 2.75) is 32.9 Å². The quantitative estimate of drug-likeness (QED) is 0.511. The molecular weight excluding hydrogens is 346 g/mol. The van der Waals surface area contributed by atoms with Crippen LogP contribution in [0.4, 0.5) is 0 Å². The maximum absolute atomic E-state index is 5.33. The Morgan fingerprint density at radius 2 is 1.96 bits per heavy atom. The molecule has 0 spiro atoms. The van der Waals surface area contributed by atoms with E-state index in [9.17, 15) is 0 Å². The van der Waals surface area contributed by atoms with Crippen LogP contribution in [0.3, 0.4) is 0 Å². The van der Waals surface area contributed by atoms with Crippen molar-refractivity contribution >= 4 is 17.3 Å². The molecule has 0 atom stereocenters. The molecule has 136 valence electrons. The number of hydrogen-bond donors (Lipinski definition) is 2. The van der Waals surface area contributed by atoms with Crippen LogP contribution in [-0.4, -0.2) is 23.1 Å². The molecule has 6 nitrogen and oxygen atoms in total. The Labute approximate surface area is 157 Å². The van der Waals surface area contributed by atoms with Gasteiger partial charge < -0.3 is 15.2 Å². The fourth-order valence-electron chi connectivity index (χ4n) is 2.37. The Hall–Kier alpha value is -2.67. The lowest BCUT2D eigenvalue weighted by Gasteiger charge is -2.09. The van der Waals surface area contributed by atoms with Crippen LogP contribution in [-0.2, 0) is 13.1 Å². The molecule has 2 heterocycles. The Kier molecular flexibility index (Phi) is 6.01. The molecule has 0 saturated carbocycles. The molecule has 0 fully saturated rings. The number of nitrogens with zero attached hydrogens (tertiary/aromatic N) is 3. The molecule has 3 aromatic rings. The number of aromatic nitrogens is 2. The van der Waals surface area contributed by atoms with Gasteiger partial charge in [-0.25, -0.2) is 4.98 Å². The summed E-state index contributed by atoms with van der Waals surface area (Å²) in [5, 5.41) is 13.6. The van der Waals surface area contributed by atoms with Crippen LogP contribution in [0.15, 0.2) is 51.3 Å². The molecule has 0 aliphatic heterocycles. The Bertz CT molecular complexity index is 854. The number of aliphatic imine (C=N–C) groups is 1. The summed E-state index contributed by atoms with van der Waals surface area (Å²) in [6, 6.07) is 12.1. The zero-order chi connectivity index (χ0) is 18.4. The second-order valence-corrected chi connectivity index (χ2v) is 7.09. The molecule has 0 aliphatic rings. The first-order valence-electron chi connectivity index (χ1n) is 8.55. The number of rotatable bonds is 6. The largest absolute Gasteiger partial charge is 0.359 e. The average Bonchev–Trinajstić information content (AvgIpc) is 3.32. The van der Waals surface area contributed by atoms with Crippen LogP contribution in [0.2, 0.25) is 0 Å². The fraction of sp³-hybridized carbons (Fsp3) is 0.316. The fourth-order valence-corrected chi connectivity index (χ4v) is 3.11. The van der Waals surface area contributed by atoms with Gasteiger partial charge in [0.15, 0.2) is 11.7 Å². The number of guanidine groups is 1. The van der Waals surface area contributed by atoms with E-state index in [4.69, 9.17) is 4.52 Å². The number of nitrogens with one attached hydrogen (secondary N) is 2. The summed E-state index contributed by atoms with van der Waals surface area (Å²) in [4.78, 5) is 8.91. The average molecular weight is 369 g/mol. The van der Waals surface area contributed by atoms with Gasteiger partial charge >= 0.3 is 0 Å². The smallest absolute Gasteiger partial charge is 0.191 e. The van der Waals surface area contributed by atoms with E-state index in [0.717, 1.165) is 27.7 Å². The maximum Gasteiger partial charge on any atom is 0.191 e. The molecule has 0 radical (unpaired) electrons. The zero-order valence-electron chi connectivity index (χ0n) is 15.2. The van der Waals surface area contributed by atoms with Crippen LogP contribution in [0.1, 0.15) is 36.2 Å². The molecule has 0 unspecified atom stereocenters. The monoisotopic (exact) mass is 369 g/mol.